The molecule has 9 nitrogen and oxygen atoms in total. The highest BCUT2D eigenvalue weighted by Gasteiger charge is 2.33. The van der Waals surface area contributed by atoms with Crippen LogP contribution in [0.4, 0.5) is 10.8 Å². The van der Waals surface area contributed by atoms with E-state index >= 15 is 0 Å². The molecule has 1 aromatic carbocycles. The molecule has 0 saturated heterocycles. The number of anilines is 2. The molecular formula is C19H19N5O4S2. The standard InChI is InChI=1S/C19H19N5O4S2/c1-10-18(26)24(7-16(25)21-19-23-22-17(30-19)8-27-3)14-6-12(4-5-15(14)28-10)13-9-29-11(2)20-13/h4-6,9-10H,7-8H2,1-3H3,(H,21,23,25). The van der Waals surface area contributed by atoms with Crippen LogP contribution in [-0.2, 0) is 20.9 Å². The van der Waals surface area contributed by atoms with Crippen molar-refractivity contribution in [3.63, 3.8) is 0 Å². The summed E-state index contributed by atoms with van der Waals surface area (Å²) >= 11 is 2.77. The molecular weight excluding hydrogens is 426 g/mol. The molecule has 1 unspecified atom stereocenters. The Morgan fingerprint density at radius 3 is 2.93 bits per heavy atom. The summed E-state index contributed by atoms with van der Waals surface area (Å²) in [5, 5.41) is 14.5. The molecule has 0 fully saturated rings. The zero-order valence-electron chi connectivity index (χ0n) is 16.5. The van der Waals surface area contributed by atoms with Gasteiger partial charge in [0.2, 0.25) is 11.0 Å². The molecule has 0 aliphatic carbocycles. The van der Waals surface area contributed by atoms with E-state index in [0.29, 0.717) is 28.2 Å². The number of carbonyl (C=O) groups is 2. The van der Waals surface area contributed by atoms with Crippen molar-refractivity contribution in [3.8, 4) is 17.0 Å². The Morgan fingerprint density at radius 1 is 1.37 bits per heavy atom. The van der Waals surface area contributed by atoms with Crippen LogP contribution in [0.2, 0.25) is 0 Å². The number of rotatable bonds is 6. The van der Waals surface area contributed by atoms with Gasteiger partial charge in [-0.1, -0.05) is 11.3 Å². The second-order valence-electron chi connectivity index (χ2n) is 6.60. The number of ether oxygens (including phenoxy) is 2. The van der Waals surface area contributed by atoms with E-state index in [1.165, 1.54) is 16.2 Å². The van der Waals surface area contributed by atoms with Gasteiger partial charge in [-0.15, -0.1) is 21.5 Å². The van der Waals surface area contributed by atoms with Crippen LogP contribution in [0.15, 0.2) is 23.6 Å². The topological polar surface area (TPSA) is 107 Å². The summed E-state index contributed by atoms with van der Waals surface area (Å²) in [5.41, 5.74) is 2.20. The largest absolute Gasteiger partial charge is 0.479 e. The summed E-state index contributed by atoms with van der Waals surface area (Å²) in [6.07, 6.45) is -0.687. The average Bonchev–Trinajstić information content (AvgIpc) is 3.34. The molecule has 1 aliphatic rings. The number of hydrogen-bond acceptors (Lipinski definition) is 9. The second-order valence-corrected chi connectivity index (χ2v) is 8.73. The highest BCUT2D eigenvalue weighted by Crippen LogP contribution is 2.37. The van der Waals surface area contributed by atoms with Crippen molar-refractivity contribution in [2.45, 2.75) is 26.6 Å². The zero-order valence-corrected chi connectivity index (χ0v) is 18.2. The first kappa shape index (κ1) is 20.4. The van der Waals surface area contributed by atoms with Crippen molar-refractivity contribution in [2.75, 3.05) is 23.9 Å². The third-order valence-electron chi connectivity index (χ3n) is 4.36. The molecule has 11 heteroatoms. The lowest BCUT2D eigenvalue weighted by molar-refractivity contribution is -0.127. The van der Waals surface area contributed by atoms with E-state index in [0.717, 1.165) is 16.3 Å². The van der Waals surface area contributed by atoms with Crippen LogP contribution >= 0.6 is 22.7 Å². The van der Waals surface area contributed by atoms with Crippen LogP contribution in [0.1, 0.15) is 16.9 Å². The molecule has 4 rings (SSSR count). The number of methoxy groups -OCH3 is 1. The van der Waals surface area contributed by atoms with Crippen molar-refractivity contribution in [1.82, 2.24) is 15.2 Å². The summed E-state index contributed by atoms with van der Waals surface area (Å²) < 4.78 is 10.7. The smallest absolute Gasteiger partial charge is 0.268 e. The van der Waals surface area contributed by atoms with E-state index in [2.05, 4.69) is 20.5 Å². The normalized spacial score (nSPS) is 15.6. The van der Waals surface area contributed by atoms with Gasteiger partial charge in [0.1, 0.15) is 23.9 Å². The average molecular weight is 446 g/mol. The minimum Gasteiger partial charge on any atom is -0.479 e. The van der Waals surface area contributed by atoms with Crippen molar-refractivity contribution in [1.29, 1.82) is 0 Å². The molecule has 3 aromatic rings. The van der Waals surface area contributed by atoms with Crippen LogP contribution in [-0.4, -0.2) is 46.8 Å². The molecule has 1 N–H and O–H groups in total. The van der Waals surface area contributed by atoms with Gasteiger partial charge in [-0.25, -0.2) is 4.98 Å². The molecule has 0 spiro atoms. The number of nitrogens with one attached hydrogen (secondary N) is 1. The lowest BCUT2D eigenvalue weighted by Gasteiger charge is -2.32. The van der Waals surface area contributed by atoms with E-state index in [-0.39, 0.29) is 18.4 Å². The van der Waals surface area contributed by atoms with Crippen LogP contribution < -0.4 is 15.0 Å². The quantitative estimate of drug-likeness (QED) is 0.622. The van der Waals surface area contributed by atoms with E-state index in [4.69, 9.17) is 9.47 Å². The van der Waals surface area contributed by atoms with E-state index in [9.17, 15) is 9.59 Å². The number of fused-ring (bicyclic) bond motifs is 1. The number of hydrogen-bond donors (Lipinski definition) is 1. The Balaban J connectivity index is 1.57. The van der Waals surface area contributed by atoms with Gasteiger partial charge in [-0.05, 0) is 32.0 Å². The molecule has 1 atom stereocenters. The number of carbonyl (C=O) groups excluding carboxylic acids is 2. The van der Waals surface area contributed by atoms with Gasteiger partial charge >= 0.3 is 0 Å². The third kappa shape index (κ3) is 4.18. The van der Waals surface area contributed by atoms with Crippen molar-refractivity contribution in [3.05, 3.63) is 33.6 Å². The lowest BCUT2D eigenvalue weighted by Crippen LogP contribution is -2.47. The van der Waals surface area contributed by atoms with Gasteiger partial charge in [-0.2, -0.15) is 0 Å². The predicted molar refractivity (Wildman–Crippen MR) is 114 cm³/mol. The number of thiazole rings is 1. The van der Waals surface area contributed by atoms with Crippen LogP contribution in [0.3, 0.4) is 0 Å². The summed E-state index contributed by atoms with van der Waals surface area (Å²) in [6, 6.07) is 5.52. The molecule has 1 aliphatic heterocycles. The minimum absolute atomic E-state index is 0.168. The molecule has 3 heterocycles. The SMILES string of the molecule is COCc1nnc(NC(=O)CN2C(=O)C(C)Oc3ccc(-c4csc(C)n4)cc32)s1. The summed E-state index contributed by atoms with van der Waals surface area (Å²) in [6.45, 7) is 3.75. The Hall–Kier alpha value is -2.89. The number of nitrogens with zero attached hydrogens (tertiary/aromatic N) is 4. The van der Waals surface area contributed by atoms with E-state index < -0.39 is 6.10 Å². The van der Waals surface area contributed by atoms with Crippen LogP contribution in [0, 0.1) is 6.92 Å². The number of aryl methyl sites for hydroxylation is 1. The van der Waals surface area contributed by atoms with Gasteiger partial charge in [0, 0.05) is 18.1 Å². The first-order valence-corrected chi connectivity index (χ1v) is 10.8. The predicted octanol–water partition coefficient (Wildman–Crippen LogP) is 2.87. The molecule has 2 amide bonds. The third-order valence-corrected chi connectivity index (χ3v) is 5.95. The lowest BCUT2D eigenvalue weighted by atomic mass is 10.1. The molecule has 0 saturated carbocycles. The molecule has 0 bridgehead atoms. The fraction of sp³-hybridized carbons (Fsp3) is 0.316. The van der Waals surface area contributed by atoms with Gasteiger partial charge in [0.25, 0.3) is 5.91 Å². The van der Waals surface area contributed by atoms with E-state index in [1.54, 1.807) is 31.4 Å². The van der Waals surface area contributed by atoms with E-state index in [1.807, 2.05) is 24.4 Å². The maximum absolute atomic E-state index is 12.8. The Morgan fingerprint density at radius 2 is 2.20 bits per heavy atom. The molecule has 2 aromatic heterocycles. The summed E-state index contributed by atoms with van der Waals surface area (Å²) in [7, 11) is 1.56. The Kier molecular flexibility index (Phi) is 5.75. The van der Waals surface area contributed by atoms with Crippen LogP contribution in [0.25, 0.3) is 11.3 Å². The highest BCUT2D eigenvalue weighted by molar-refractivity contribution is 7.15. The monoisotopic (exact) mass is 445 g/mol. The van der Waals surface area contributed by atoms with Crippen molar-refractivity contribution >= 4 is 45.3 Å². The van der Waals surface area contributed by atoms with Crippen LogP contribution in [0.5, 0.6) is 5.75 Å². The van der Waals surface area contributed by atoms with Crippen molar-refractivity contribution < 1.29 is 19.1 Å². The van der Waals surface area contributed by atoms with Gasteiger partial charge in [-0.3, -0.25) is 19.8 Å². The zero-order chi connectivity index (χ0) is 21.3. The number of amides is 2. The van der Waals surface area contributed by atoms with Gasteiger partial charge in [0.05, 0.1) is 16.4 Å². The summed E-state index contributed by atoms with van der Waals surface area (Å²) in [5.74, 6) is -0.121. The second kappa shape index (κ2) is 8.46. The van der Waals surface area contributed by atoms with Gasteiger partial charge in [0.15, 0.2) is 6.10 Å². The molecule has 156 valence electrons. The number of aromatic nitrogens is 3. The summed E-state index contributed by atoms with van der Waals surface area (Å²) in [4.78, 5) is 31.3. The maximum Gasteiger partial charge on any atom is 0.268 e. The Bertz CT molecular complexity index is 1100. The fourth-order valence-corrected chi connectivity index (χ4v) is 4.36. The minimum atomic E-state index is -0.687. The Labute approximate surface area is 180 Å². The highest BCUT2D eigenvalue weighted by atomic mass is 32.1. The first-order valence-electron chi connectivity index (χ1n) is 9.10. The van der Waals surface area contributed by atoms with Gasteiger partial charge < -0.3 is 9.47 Å². The first-order chi connectivity index (χ1) is 14.4. The van der Waals surface area contributed by atoms with Crippen molar-refractivity contribution in [2.24, 2.45) is 0 Å². The number of benzene rings is 1. The molecule has 30 heavy (non-hydrogen) atoms. The fourth-order valence-electron chi connectivity index (χ4n) is 3.01. The maximum atomic E-state index is 12.8. The molecule has 0 radical (unpaired) electrons.